The summed E-state index contributed by atoms with van der Waals surface area (Å²) in [5.74, 6) is 1.21. The highest BCUT2D eigenvalue weighted by Gasteiger charge is 2.23. The van der Waals surface area contributed by atoms with Crippen LogP contribution >= 0.6 is 0 Å². The van der Waals surface area contributed by atoms with E-state index in [2.05, 4.69) is 5.32 Å². The molecular formula is C17H17NO4. The lowest BCUT2D eigenvalue weighted by Crippen LogP contribution is -2.31. The number of nitrogens with one attached hydrogen (secondary N) is 1. The van der Waals surface area contributed by atoms with Crippen LogP contribution in [0.25, 0.3) is 0 Å². The normalized spacial score (nSPS) is 14.5. The number of hydrogen-bond donors (Lipinski definition) is 1. The van der Waals surface area contributed by atoms with Crippen molar-refractivity contribution in [2.75, 3.05) is 6.61 Å². The molecule has 1 aromatic heterocycles. The second-order valence-electron chi connectivity index (χ2n) is 5.30. The van der Waals surface area contributed by atoms with Gasteiger partial charge in [-0.1, -0.05) is 12.1 Å². The number of fused-ring (bicyclic) bond motifs is 1. The maximum atomic E-state index is 11.9. The van der Waals surface area contributed by atoms with Crippen LogP contribution in [0.1, 0.15) is 41.1 Å². The molecule has 0 spiro atoms. The van der Waals surface area contributed by atoms with Crippen LogP contribution in [0.3, 0.4) is 0 Å². The summed E-state index contributed by atoms with van der Waals surface area (Å²) in [4.78, 5) is 23.6. The van der Waals surface area contributed by atoms with Gasteiger partial charge in [0.25, 0.3) is 5.91 Å². The molecule has 2 aromatic rings. The van der Waals surface area contributed by atoms with Gasteiger partial charge < -0.3 is 14.5 Å². The van der Waals surface area contributed by atoms with E-state index in [0.29, 0.717) is 29.9 Å². The lowest BCUT2D eigenvalue weighted by atomic mass is 10.1. The number of furan rings is 1. The quantitative estimate of drug-likeness (QED) is 0.921. The summed E-state index contributed by atoms with van der Waals surface area (Å²) >= 11 is 0. The van der Waals surface area contributed by atoms with Crippen LogP contribution in [-0.4, -0.2) is 18.3 Å². The van der Waals surface area contributed by atoms with Gasteiger partial charge in [0, 0.05) is 17.5 Å². The minimum atomic E-state index is -0.231. The monoisotopic (exact) mass is 299 g/mol. The summed E-state index contributed by atoms with van der Waals surface area (Å²) in [6.07, 6.45) is 2.75. The first-order chi connectivity index (χ1) is 10.6. The molecule has 0 fully saturated rings. The Kier molecular flexibility index (Phi) is 3.96. The van der Waals surface area contributed by atoms with Crippen molar-refractivity contribution >= 4 is 11.7 Å². The van der Waals surface area contributed by atoms with Crippen molar-refractivity contribution in [2.24, 2.45) is 0 Å². The summed E-state index contributed by atoms with van der Waals surface area (Å²) in [7, 11) is 0. The van der Waals surface area contributed by atoms with Gasteiger partial charge in [-0.05, 0) is 31.5 Å². The zero-order valence-electron chi connectivity index (χ0n) is 12.3. The molecule has 1 N–H and O–H groups in total. The lowest BCUT2D eigenvalue weighted by molar-refractivity contribution is -0.123. The first kappa shape index (κ1) is 14.4. The summed E-state index contributed by atoms with van der Waals surface area (Å²) in [6, 6.07) is 8.74. The van der Waals surface area contributed by atoms with E-state index in [1.165, 1.54) is 0 Å². The molecule has 1 amide bonds. The fourth-order valence-electron chi connectivity index (χ4n) is 2.63. The smallest absolute Gasteiger partial charge is 0.258 e. The molecule has 0 unspecified atom stereocenters. The summed E-state index contributed by atoms with van der Waals surface area (Å²) in [5, 5.41) is 2.80. The van der Waals surface area contributed by atoms with Crippen molar-refractivity contribution in [3.63, 3.8) is 0 Å². The number of hydrogen-bond acceptors (Lipinski definition) is 4. The summed E-state index contributed by atoms with van der Waals surface area (Å²) in [6.45, 7) is 1.76. The molecule has 22 heavy (non-hydrogen) atoms. The number of carbonyl (C=O) groups excluding carboxylic acids is 2. The molecule has 1 aliphatic rings. The predicted octanol–water partition coefficient (Wildman–Crippen LogP) is 2.66. The van der Waals surface area contributed by atoms with E-state index >= 15 is 0 Å². The van der Waals surface area contributed by atoms with Gasteiger partial charge in [0.2, 0.25) is 0 Å². The number of ketones is 1. The first-order valence-electron chi connectivity index (χ1n) is 7.26. The minimum absolute atomic E-state index is 0.0876. The predicted molar refractivity (Wildman–Crippen MR) is 79.9 cm³/mol. The Labute approximate surface area is 128 Å². The number of benzene rings is 1. The van der Waals surface area contributed by atoms with Crippen molar-refractivity contribution in [1.29, 1.82) is 0 Å². The van der Waals surface area contributed by atoms with E-state index in [1.807, 2.05) is 13.0 Å². The fraction of sp³-hybridized carbons (Fsp3) is 0.294. The van der Waals surface area contributed by atoms with Gasteiger partial charge in [-0.15, -0.1) is 0 Å². The van der Waals surface area contributed by atoms with E-state index in [1.54, 1.807) is 30.5 Å². The first-order valence-corrected chi connectivity index (χ1v) is 7.26. The Balaban J connectivity index is 1.59. The molecule has 1 atom stereocenters. The number of carbonyl (C=O) groups is 2. The van der Waals surface area contributed by atoms with E-state index in [4.69, 9.17) is 9.15 Å². The van der Waals surface area contributed by atoms with Crippen LogP contribution in [0.5, 0.6) is 5.75 Å². The highest BCUT2D eigenvalue weighted by Crippen LogP contribution is 2.30. The Morgan fingerprint density at radius 1 is 1.32 bits per heavy atom. The lowest BCUT2D eigenvalue weighted by Gasteiger charge is -2.13. The molecule has 1 aromatic carbocycles. The average molecular weight is 299 g/mol. The van der Waals surface area contributed by atoms with E-state index < -0.39 is 0 Å². The largest absolute Gasteiger partial charge is 0.483 e. The van der Waals surface area contributed by atoms with Crippen LogP contribution in [0, 0.1) is 0 Å². The molecule has 5 heteroatoms. The van der Waals surface area contributed by atoms with Crippen molar-refractivity contribution in [3.8, 4) is 5.75 Å². The Hall–Kier alpha value is -2.56. The Bertz CT molecular complexity index is 691. The molecule has 0 radical (unpaired) electrons. The van der Waals surface area contributed by atoms with Crippen LogP contribution in [0.2, 0.25) is 0 Å². The number of Topliss-reactive ketones (excluding diaryl/α,β-unsaturated/α-hetero) is 1. The third-order valence-corrected chi connectivity index (χ3v) is 3.74. The van der Waals surface area contributed by atoms with Crippen molar-refractivity contribution < 1.29 is 18.7 Å². The summed E-state index contributed by atoms with van der Waals surface area (Å²) in [5.41, 5.74) is 1.61. The molecule has 3 rings (SSSR count). The van der Waals surface area contributed by atoms with Crippen LogP contribution in [0.4, 0.5) is 0 Å². The average Bonchev–Trinajstić information content (AvgIpc) is 3.16. The van der Waals surface area contributed by atoms with E-state index in [-0.39, 0.29) is 24.3 Å². The van der Waals surface area contributed by atoms with Crippen LogP contribution in [0.15, 0.2) is 41.0 Å². The molecule has 0 saturated heterocycles. The third-order valence-electron chi connectivity index (χ3n) is 3.74. The van der Waals surface area contributed by atoms with Crippen molar-refractivity contribution in [1.82, 2.24) is 5.32 Å². The van der Waals surface area contributed by atoms with E-state index in [9.17, 15) is 9.59 Å². The van der Waals surface area contributed by atoms with Crippen LogP contribution < -0.4 is 10.1 Å². The second-order valence-corrected chi connectivity index (χ2v) is 5.30. The van der Waals surface area contributed by atoms with Gasteiger partial charge in [0.05, 0.1) is 12.3 Å². The van der Waals surface area contributed by atoms with Gasteiger partial charge in [-0.25, -0.2) is 0 Å². The molecule has 0 aliphatic heterocycles. The minimum Gasteiger partial charge on any atom is -0.483 e. The van der Waals surface area contributed by atoms with Crippen molar-refractivity contribution in [3.05, 3.63) is 53.5 Å². The third kappa shape index (κ3) is 2.88. The summed E-state index contributed by atoms with van der Waals surface area (Å²) < 4.78 is 10.8. The molecular weight excluding hydrogens is 282 g/mol. The molecule has 114 valence electrons. The molecule has 0 bridgehead atoms. The van der Waals surface area contributed by atoms with E-state index in [0.717, 1.165) is 5.56 Å². The molecule has 1 aliphatic carbocycles. The molecule has 0 saturated carbocycles. The van der Waals surface area contributed by atoms with Gasteiger partial charge in [0.1, 0.15) is 11.5 Å². The number of ether oxygens (including phenoxy) is 1. The van der Waals surface area contributed by atoms with Crippen molar-refractivity contribution in [2.45, 2.75) is 25.8 Å². The standard InChI is InChI=1S/C17H17NO4/c1-11(15-6-3-9-21-15)18-17(20)10-22-16-5-2-4-12-13(16)7-8-14(12)19/h2-6,9,11H,7-8,10H2,1H3,(H,18,20)/t11-/m0/s1. The topological polar surface area (TPSA) is 68.5 Å². The zero-order chi connectivity index (χ0) is 15.5. The van der Waals surface area contributed by atoms with Gasteiger partial charge in [-0.2, -0.15) is 0 Å². The Morgan fingerprint density at radius 3 is 2.95 bits per heavy atom. The molecule has 1 heterocycles. The fourth-order valence-corrected chi connectivity index (χ4v) is 2.63. The second kappa shape index (κ2) is 6.05. The Morgan fingerprint density at radius 2 is 2.18 bits per heavy atom. The van der Waals surface area contributed by atoms with Crippen LogP contribution in [-0.2, 0) is 11.2 Å². The van der Waals surface area contributed by atoms with Gasteiger partial charge in [-0.3, -0.25) is 9.59 Å². The molecule has 5 nitrogen and oxygen atoms in total. The zero-order valence-corrected chi connectivity index (χ0v) is 12.3. The maximum Gasteiger partial charge on any atom is 0.258 e. The highest BCUT2D eigenvalue weighted by atomic mass is 16.5. The maximum absolute atomic E-state index is 11.9. The van der Waals surface area contributed by atoms with Gasteiger partial charge >= 0.3 is 0 Å². The number of amides is 1. The SMILES string of the molecule is C[C@H](NC(=O)COc1cccc2c1CCC2=O)c1ccco1. The van der Waals surface area contributed by atoms with Gasteiger partial charge in [0.15, 0.2) is 12.4 Å². The highest BCUT2D eigenvalue weighted by molar-refractivity contribution is 6.01. The number of rotatable bonds is 5.